The molecule has 0 fully saturated rings. The van der Waals surface area contributed by atoms with Crippen molar-refractivity contribution in [3.05, 3.63) is 28.8 Å². The number of benzene rings is 1. The van der Waals surface area contributed by atoms with Crippen molar-refractivity contribution < 1.29 is 18.0 Å². The van der Waals surface area contributed by atoms with Gasteiger partial charge in [-0.2, -0.15) is 0 Å². The molecule has 21 heavy (non-hydrogen) atoms. The first-order valence-electron chi connectivity index (χ1n) is 6.16. The molecule has 1 aliphatic rings. The van der Waals surface area contributed by atoms with E-state index in [4.69, 9.17) is 32.8 Å². The molecule has 0 aliphatic carbocycles. The number of oxime groups is 1. The molecule has 2 rings (SSSR count). The van der Waals surface area contributed by atoms with Crippen LogP contribution >= 0.6 is 23.2 Å². The molecule has 0 radical (unpaired) electrons. The molecule has 0 saturated carbocycles. The SMILES string of the molecule is COc1cc(Cl)ccc1CS(=O)(=O)C1=NOC(C)(CCl)C1. The van der Waals surface area contributed by atoms with Gasteiger partial charge in [-0.1, -0.05) is 22.8 Å². The molecular formula is C13H15Cl2NO4S. The molecule has 1 heterocycles. The van der Waals surface area contributed by atoms with Crippen LogP contribution in [-0.4, -0.2) is 32.1 Å². The number of halogens is 2. The highest BCUT2D eigenvalue weighted by Gasteiger charge is 2.39. The largest absolute Gasteiger partial charge is 0.496 e. The van der Waals surface area contributed by atoms with Gasteiger partial charge in [-0.25, -0.2) is 8.42 Å². The predicted octanol–water partition coefficient (Wildman–Crippen LogP) is 2.99. The lowest BCUT2D eigenvalue weighted by Gasteiger charge is -2.16. The van der Waals surface area contributed by atoms with Crippen molar-refractivity contribution in [2.75, 3.05) is 13.0 Å². The average molecular weight is 352 g/mol. The van der Waals surface area contributed by atoms with Gasteiger partial charge in [0.15, 0.2) is 20.5 Å². The second-order valence-electron chi connectivity index (χ2n) is 5.05. The Kier molecular flexibility index (Phi) is 4.70. The van der Waals surface area contributed by atoms with E-state index in [0.717, 1.165) is 0 Å². The zero-order chi connectivity index (χ0) is 15.7. The maximum absolute atomic E-state index is 12.4. The number of hydrogen-bond acceptors (Lipinski definition) is 5. The zero-order valence-electron chi connectivity index (χ0n) is 11.6. The Balaban J connectivity index is 2.23. The maximum atomic E-state index is 12.4. The van der Waals surface area contributed by atoms with Crippen LogP contribution in [0.3, 0.4) is 0 Å². The van der Waals surface area contributed by atoms with Crippen molar-refractivity contribution in [2.24, 2.45) is 5.16 Å². The van der Waals surface area contributed by atoms with Crippen LogP contribution in [0.5, 0.6) is 5.75 Å². The van der Waals surface area contributed by atoms with Crippen molar-refractivity contribution in [1.29, 1.82) is 0 Å². The van der Waals surface area contributed by atoms with Crippen molar-refractivity contribution in [2.45, 2.75) is 24.7 Å². The standard InChI is InChI=1S/C13H15Cl2NO4S/c1-13(8-14)6-12(16-20-13)21(17,18)7-9-3-4-10(15)5-11(9)19-2/h3-5H,6-8H2,1-2H3. The first-order valence-corrected chi connectivity index (χ1v) is 8.72. The number of rotatable bonds is 4. The van der Waals surface area contributed by atoms with Gasteiger partial charge in [-0.15, -0.1) is 11.6 Å². The van der Waals surface area contributed by atoms with Gasteiger partial charge < -0.3 is 9.57 Å². The fourth-order valence-electron chi connectivity index (χ4n) is 1.91. The lowest BCUT2D eigenvalue weighted by Crippen LogP contribution is -2.28. The molecule has 1 atom stereocenters. The second-order valence-corrected chi connectivity index (χ2v) is 7.74. The highest BCUT2D eigenvalue weighted by molar-refractivity contribution is 8.05. The summed E-state index contributed by atoms with van der Waals surface area (Å²) in [5.41, 5.74) is -0.252. The Morgan fingerprint density at radius 3 is 2.76 bits per heavy atom. The lowest BCUT2D eigenvalue weighted by molar-refractivity contribution is 0.0152. The van der Waals surface area contributed by atoms with Crippen molar-refractivity contribution >= 4 is 38.1 Å². The summed E-state index contributed by atoms with van der Waals surface area (Å²) in [6, 6.07) is 4.81. The molecule has 1 aromatic rings. The summed E-state index contributed by atoms with van der Waals surface area (Å²) in [6.07, 6.45) is 0.161. The van der Waals surface area contributed by atoms with E-state index in [-0.39, 0.29) is 23.1 Å². The monoisotopic (exact) mass is 351 g/mol. The van der Waals surface area contributed by atoms with Gasteiger partial charge in [0.05, 0.1) is 18.7 Å². The van der Waals surface area contributed by atoms with Crippen molar-refractivity contribution in [3.8, 4) is 5.75 Å². The topological polar surface area (TPSA) is 65.0 Å². The van der Waals surface area contributed by atoms with E-state index < -0.39 is 15.4 Å². The first kappa shape index (κ1) is 16.4. The quantitative estimate of drug-likeness (QED) is 0.782. The van der Waals surface area contributed by atoms with Crippen LogP contribution in [0.25, 0.3) is 0 Å². The predicted molar refractivity (Wildman–Crippen MR) is 82.9 cm³/mol. The van der Waals surface area contributed by atoms with Crippen LogP contribution in [0.4, 0.5) is 0 Å². The van der Waals surface area contributed by atoms with Crippen molar-refractivity contribution in [1.82, 2.24) is 0 Å². The van der Waals surface area contributed by atoms with Crippen LogP contribution in [0.1, 0.15) is 18.9 Å². The molecule has 5 nitrogen and oxygen atoms in total. The number of nitrogens with zero attached hydrogens (tertiary/aromatic N) is 1. The van der Waals surface area contributed by atoms with E-state index in [9.17, 15) is 8.42 Å². The van der Waals surface area contributed by atoms with Crippen LogP contribution < -0.4 is 4.74 Å². The Labute approximate surface area is 133 Å². The van der Waals surface area contributed by atoms with E-state index in [1.807, 2.05) is 0 Å². The van der Waals surface area contributed by atoms with E-state index in [1.165, 1.54) is 7.11 Å². The summed E-state index contributed by atoms with van der Waals surface area (Å²) in [4.78, 5) is 5.13. The Hall–Kier alpha value is -0.980. The van der Waals surface area contributed by atoms with Gasteiger partial charge in [-0.3, -0.25) is 0 Å². The fraction of sp³-hybridized carbons (Fsp3) is 0.462. The number of methoxy groups -OCH3 is 1. The van der Waals surface area contributed by atoms with E-state index in [1.54, 1.807) is 25.1 Å². The second kappa shape index (κ2) is 6.02. The van der Waals surface area contributed by atoms with Crippen LogP contribution in [-0.2, 0) is 20.4 Å². The fourth-order valence-corrected chi connectivity index (χ4v) is 3.71. The Morgan fingerprint density at radius 2 is 2.19 bits per heavy atom. The van der Waals surface area contributed by atoms with E-state index in [2.05, 4.69) is 5.16 Å². The molecule has 1 unspecified atom stereocenters. The molecule has 0 aromatic heterocycles. The minimum absolute atomic E-state index is 0.00246. The van der Waals surface area contributed by atoms with Gasteiger partial charge in [-0.05, 0) is 19.1 Å². The summed E-state index contributed by atoms with van der Waals surface area (Å²) in [7, 11) is -2.14. The van der Waals surface area contributed by atoms with Crippen LogP contribution in [0, 0.1) is 0 Å². The number of sulfone groups is 1. The molecular weight excluding hydrogens is 337 g/mol. The summed E-state index contributed by atoms with van der Waals surface area (Å²) in [5, 5.41) is 4.16. The van der Waals surface area contributed by atoms with Gasteiger partial charge in [0.2, 0.25) is 0 Å². The third kappa shape index (κ3) is 3.62. The average Bonchev–Trinajstić information content (AvgIpc) is 2.85. The minimum Gasteiger partial charge on any atom is -0.496 e. The molecule has 0 N–H and O–H groups in total. The van der Waals surface area contributed by atoms with Gasteiger partial charge in [0.1, 0.15) is 5.75 Å². The van der Waals surface area contributed by atoms with Crippen LogP contribution in [0.15, 0.2) is 23.4 Å². The molecule has 0 spiro atoms. The third-order valence-electron chi connectivity index (χ3n) is 3.13. The number of ether oxygens (including phenoxy) is 1. The molecule has 0 saturated heterocycles. The van der Waals surface area contributed by atoms with Gasteiger partial charge >= 0.3 is 0 Å². The molecule has 8 heteroatoms. The normalized spacial score (nSPS) is 21.8. The minimum atomic E-state index is -3.60. The van der Waals surface area contributed by atoms with Gasteiger partial charge in [0, 0.05) is 17.0 Å². The summed E-state index contributed by atoms with van der Waals surface area (Å²) >= 11 is 11.6. The van der Waals surface area contributed by atoms with Crippen LogP contribution in [0.2, 0.25) is 5.02 Å². The Morgan fingerprint density at radius 1 is 1.48 bits per heavy atom. The molecule has 0 bridgehead atoms. The summed E-state index contributed by atoms with van der Waals surface area (Å²) in [6.45, 7) is 1.72. The maximum Gasteiger partial charge on any atom is 0.199 e. The third-order valence-corrected chi connectivity index (χ3v) is 5.56. The smallest absolute Gasteiger partial charge is 0.199 e. The summed E-state index contributed by atoms with van der Waals surface area (Å²) in [5.74, 6) is 0.360. The lowest BCUT2D eigenvalue weighted by atomic mass is 10.1. The van der Waals surface area contributed by atoms with Crippen molar-refractivity contribution in [3.63, 3.8) is 0 Å². The van der Waals surface area contributed by atoms with Gasteiger partial charge in [0.25, 0.3) is 0 Å². The molecule has 0 amide bonds. The molecule has 1 aliphatic heterocycles. The summed E-state index contributed by atoms with van der Waals surface area (Å²) < 4.78 is 30.0. The number of hydrogen-bond donors (Lipinski definition) is 0. The molecule has 116 valence electrons. The highest BCUT2D eigenvalue weighted by Crippen LogP contribution is 2.30. The van der Waals surface area contributed by atoms with E-state index >= 15 is 0 Å². The zero-order valence-corrected chi connectivity index (χ0v) is 13.9. The number of alkyl halides is 1. The molecule has 1 aromatic carbocycles. The Bertz CT molecular complexity index is 675. The highest BCUT2D eigenvalue weighted by atomic mass is 35.5. The van der Waals surface area contributed by atoms with E-state index in [0.29, 0.717) is 16.3 Å². The first-order chi connectivity index (χ1) is 9.79.